The highest BCUT2D eigenvalue weighted by Gasteiger charge is 2.41. The van der Waals surface area contributed by atoms with Gasteiger partial charge in [0.25, 0.3) is 0 Å². The SMILES string of the molecule is CC(Nc1ccc(N)c(C(=O)O)c1)C1CC2CCC1C2. The van der Waals surface area contributed by atoms with E-state index in [1.807, 2.05) is 6.07 Å². The number of benzene rings is 1. The van der Waals surface area contributed by atoms with Gasteiger partial charge in [-0.2, -0.15) is 0 Å². The largest absolute Gasteiger partial charge is 0.478 e. The minimum atomic E-state index is -0.973. The average molecular weight is 274 g/mol. The summed E-state index contributed by atoms with van der Waals surface area (Å²) in [4.78, 5) is 11.1. The number of carbonyl (C=O) groups is 1. The molecule has 2 fully saturated rings. The van der Waals surface area contributed by atoms with Crippen molar-refractivity contribution < 1.29 is 9.90 Å². The molecule has 0 amide bonds. The van der Waals surface area contributed by atoms with Gasteiger partial charge in [0, 0.05) is 17.4 Å². The Labute approximate surface area is 119 Å². The molecule has 1 aromatic carbocycles. The van der Waals surface area contributed by atoms with Crippen LogP contribution in [0.5, 0.6) is 0 Å². The number of nitrogen functional groups attached to an aromatic ring is 1. The summed E-state index contributed by atoms with van der Waals surface area (Å²) < 4.78 is 0. The molecule has 0 radical (unpaired) electrons. The maximum atomic E-state index is 11.1. The molecule has 4 heteroatoms. The summed E-state index contributed by atoms with van der Waals surface area (Å²) in [5.41, 5.74) is 7.03. The molecular weight excluding hydrogens is 252 g/mol. The van der Waals surface area contributed by atoms with E-state index < -0.39 is 5.97 Å². The molecule has 2 saturated carbocycles. The number of fused-ring (bicyclic) bond motifs is 2. The van der Waals surface area contributed by atoms with Crippen LogP contribution in [0.15, 0.2) is 18.2 Å². The second-order valence-electron chi connectivity index (χ2n) is 6.38. The fraction of sp³-hybridized carbons (Fsp3) is 0.562. The topological polar surface area (TPSA) is 75.3 Å². The van der Waals surface area contributed by atoms with Crippen molar-refractivity contribution in [3.05, 3.63) is 23.8 Å². The predicted octanol–water partition coefficient (Wildman–Crippen LogP) is 3.20. The molecule has 1 aromatic rings. The summed E-state index contributed by atoms with van der Waals surface area (Å²) in [6.45, 7) is 2.21. The monoisotopic (exact) mass is 274 g/mol. The molecule has 4 atom stereocenters. The molecule has 2 aliphatic carbocycles. The van der Waals surface area contributed by atoms with E-state index in [0.29, 0.717) is 11.7 Å². The van der Waals surface area contributed by atoms with Crippen molar-refractivity contribution in [3.8, 4) is 0 Å². The van der Waals surface area contributed by atoms with Gasteiger partial charge in [-0.25, -0.2) is 4.79 Å². The van der Waals surface area contributed by atoms with Crippen LogP contribution in [0.2, 0.25) is 0 Å². The Hall–Kier alpha value is -1.71. The molecule has 0 spiro atoms. The van der Waals surface area contributed by atoms with Crippen LogP contribution in [0.25, 0.3) is 0 Å². The van der Waals surface area contributed by atoms with Gasteiger partial charge in [-0.15, -0.1) is 0 Å². The van der Waals surface area contributed by atoms with Crippen LogP contribution in [-0.4, -0.2) is 17.1 Å². The summed E-state index contributed by atoms with van der Waals surface area (Å²) >= 11 is 0. The van der Waals surface area contributed by atoms with E-state index in [1.165, 1.54) is 25.7 Å². The zero-order valence-corrected chi connectivity index (χ0v) is 11.8. The predicted molar refractivity (Wildman–Crippen MR) is 79.8 cm³/mol. The molecule has 0 aromatic heterocycles. The molecule has 4 N–H and O–H groups in total. The van der Waals surface area contributed by atoms with Crippen LogP contribution in [0, 0.1) is 17.8 Å². The van der Waals surface area contributed by atoms with Gasteiger partial charge in [-0.05, 0) is 62.1 Å². The van der Waals surface area contributed by atoms with Crippen LogP contribution in [0.1, 0.15) is 43.0 Å². The van der Waals surface area contributed by atoms with E-state index in [-0.39, 0.29) is 5.56 Å². The average Bonchev–Trinajstić information content (AvgIpc) is 3.03. The van der Waals surface area contributed by atoms with Gasteiger partial charge in [-0.3, -0.25) is 0 Å². The van der Waals surface area contributed by atoms with Crippen LogP contribution in [0.3, 0.4) is 0 Å². The number of carboxylic acids is 1. The lowest BCUT2D eigenvalue weighted by Crippen LogP contribution is -2.30. The maximum Gasteiger partial charge on any atom is 0.337 e. The number of rotatable bonds is 4. The maximum absolute atomic E-state index is 11.1. The number of aromatic carboxylic acids is 1. The van der Waals surface area contributed by atoms with Crippen molar-refractivity contribution in [2.75, 3.05) is 11.1 Å². The van der Waals surface area contributed by atoms with Gasteiger partial charge in [-0.1, -0.05) is 6.42 Å². The Morgan fingerprint density at radius 2 is 2.20 bits per heavy atom. The Bertz CT molecular complexity index is 529. The molecule has 2 bridgehead atoms. The van der Waals surface area contributed by atoms with Gasteiger partial charge >= 0.3 is 5.97 Å². The lowest BCUT2D eigenvalue weighted by Gasteiger charge is -2.29. The van der Waals surface area contributed by atoms with Crippen molar-refractivity contribution in [2.24, 2.45) is 17.8 Å². The Morgan fingerprint density at radius 3 is 2.80 bits per heavy atom. The lowest BCUT2D eigenvalue weighted by atomic mass is 9.84. The van der Waals surface area contributed by atoms with Crippen LogP contribution >= 0.6 is 0 Å². The third-order valence-corrected chi connectivity index (χ3v) is 5.11. The second kappa shape index (κ2) is 5.00. The zero-order valence-electron chi connectivity index (χ0n) is 11.8. The number of anilines is 2. The molecule has 2 aliphatic rings. The summed E-state index contributed by atoms with van der Waals surface area (Å²) in [6, 6.07) is 5.56. The normalized spacial score (nSPS) is 29.4. The second-order valence-corrected chi connectivity index (χ2v) is 6.38. The zero-order chi connectivity index (χ0) is 14.3. The molecule has 0 saturated heterocycles. The smallest absolute Gasteiger partial charge is 0.337 e. The highest BCUT2D eigenvalue weighted by molar-refractivity contribution is 5.94. The number of nitrogens with two attached hydrogens (primary N) is 1. The van der Waals surface area contributed by atoms with Crippen LogP contribution < -0.4 is 11.1 Å². The first-order chi connectivity index (χ1) is 9.54. The van der Waals surface area contributed by atoms with Crippen molar-refractivity contribution in [3.63, 3.8) is 0 Å². The number of carboxylic acid groups (broad SMARTS) is 1. The Kier molecular flexibility index (Phi) is 3.32. The summed E-state index contributed by atoms with van der Waals surface area (Å²) in [5, 5.41) is 12.6. The molecule has 0 aliphatic heterocycles. The minimum absolute atomic E-state index is 0.176. The highest BCUT2D eigenvalue weighted by Crippen LogP contribution is 2.49. The Balaban J connectivity index is 1.71. The van der Waals surface area contributed by atoms with E-state index in [1.54, 1.807) is 12.1 Å². The van der Waals surface area contributed by atoms with Gasteiger partial charge in [0.2, 0.25) is 0 Å². The number of hydrogen-bond acceptors (Lipinski definition) is 3. The van der Waals surface area contributed by atoms with E-state index in [4.69, 9.17) is 10.8 Å². The molecule has 108 valence electrons. The third kappa shape index (κ3) is 2.35. The quantitative estimate of drug-likeness (QED) is 0.737. The first-order valence-electron chi connectivity index (χ1n) is 7.44. The van der Waals surface area contributed by atoms with Crippen LogP contribution in [-0.2, 0) is 0 Å². The lowest BCUT2D eigenvalue weighted by molar-refractivity contribution is 0.0698. The number of nitrogens with one attached hydrogen (secondary N) is 1. The van der Waals surface area contributed by atoms with E-state index in [9.17, 15) is 4.79 Å². The van der Waals surface area contributed by atoms with Crippen molar-refractivity contribution in [1.82, 2.24) is 0 Å². The van der Waals surface area contributed by atoms with Gasteiger partial charge in [0.1, 0.15) is 0 Å². The third-order valence-electron chi connectivity index (χ3n) is 5.11. The molecule has 4 nitrogen and oxygen atoms in total. The van der Waals surface area contributed by atoms with E-state index >= 15 is 0 Å². The number of hydrogen-bond donors (Lipinski definition) is 3. The van der Waals surface area contributed by atoms with Crippen molar-refractivity contribution in [1.29, 1.82) is 0 Å². The van der Waals surface area contributed by atoms with Gasteiger partial charge in [0.05, 0.1) is 5.56 Å². The van der Waals surface area contributed by atoms with Crippen LogP contribution in [0.4, 0.5) is 11.4 Å². The molecular formula is C16H22N2O2. The molecule has 3 rings (SSSR count). The fourth-order valence-electron chi connectivity index (χ4n) is 4.11. The van der Waals surface area contributed by atoms with Crippen molar-refractivity contribution >= 4 is 17.3 Å². The highest BCUT2D eigenvalue weighted by atomic mass is 16.4. The van der Waals surface area contributed by atoms with E-state index in [0.717, 1.165) is 23.4 Å². The minimum Gasteiger partial charge on any atom is -0.478 e. The standard InChI is InChI=1S/C16H22N2O2/c1-9(13-7-10-2-3-11(13)6-10)18-12-4-5-15(17)14(8-12)16(19)20/h4-5,8-11,13,18H,2-3,6-7,17H2,1H3,(H,19,20). The first kappa shape index (κ1) is 13.3. The Morgan fingerprint density at radius 1 is 1.40 bits per heavy atom. The van der Waals surface area contributed by atoms with Gasteiger partial charge < -0.3 is 16.2 Å². The van der Waals surface area contributed by atoms with E-state index in [2.05, 4.69) is 12.2 Å². The summed E-state index contributed by atoms with van der Waals surface area (Å²) in [5.74, 6) is 1.53. The summed E-state index contributed by atoms with van der Waals surface area (Å²) in [6.07, 6.45) is 5.47. The molecule has 0 heterocycles. The van der Waals surface area contributed by atoms with Gasteiger partial charge in [0.15, 0.2) is 0 Å². The molecule has 4 unspecified atom stereocenters. The fourth-order valence-corrected chi connectivity index (χ4v) is 4.11. The first-order valence-corrected chi connectivity index (χ1v) is 7.44. The molecule has 20 heavy (non-hydrogen) atoms. The van der Waals surface area contributed by atoms with Crippen molar-refractivity contribution in [2.45, 2.75) is 38.6 Å². The summed E-state index contributed by atoms with van der Waals surface area (Å²) in [7, 11) is 0.